The number of hydrogen-bond acceptors (Lipinski definition) is 4. The number of ether oxygens (including phenoxy) is 2. The third kappa shape index (κ3) is 2.48. The van der Waals surface area contributed by atoms with Crippen LogP contribution in [0.3, 0.4) is 0 Å². The number of fused-ring (bicyclic) bond motifs is 2. The zero-order chi connectivity index (χ0) is 14.2. The fourth-order valence-corrected chi connectivity index (χ4v) is 2.17. The lowest BCUT2D eigenvalue weighted by Gasteiger charge is -2.22. The minimum Gasteiger partial charge on any atom is -0.454 e. The quantitative estimate of drug-likeness (QED) is 0.874. The van der Waals surface area contributed by atoms with Crippen molar-refractivity contribution in [1.29, 1.82) is 0 Å². The van der Waals surface area contributed by atoms with Gasteiger partial charge in [0, 0.05) is 24.0 Å². The largest absolute Gasteiger partial charge is 0.454 e. The molecule has 5 heteroatoms. The molecule has 0 bridgehead atoms. The molecular weight excluding hydrogens is 276 g/mol. The highest BCUT2D eigenvalue weighted by atomic mass is 35.5. The van der Waals surface area contributed by atoms with Crippen molar-refractivity contribution >= 4 is 28.2 Å². The lowest BCUT2D eigenvalue weighted by molar-refractivity contribution is 0.174. The van der Waals surface area contributed by atoms with Gasteiger partial charge in [-0.2, -0.15) is 0 Å². The second-order valence-corrected chi connectivity index (χ2v) is 6.00. The lowest BCUT2D eigenvalue weighted by atomic mass is 9.96. The molecule has 0 saturated heterocycles. The van der Waals surface area contributed by atoms with Gasteiger partial charge >= 0.3 is 0 Å². The first-order valence-corrected chi connectivity index (χ1v) is 7.11. The van der Waals surface area contributed by atoms with Crippen molar-refractivity contribution in [2.45, 2.75) is 13.8 Å². The fourth-order valence-electron chi connectivity index (χ4n) is 2.07. The van der Waals surface area contributed by atoms with Gasteiger partial charge in [0.2, 0.25) is 6.79 Å². The standard InChI is InChI=1S/C15H17ClN2O2/c1-15(2,7-16)8-18-14-11-6-13-12(19-9-20-13)5-10(11)3-4-17-14/h3-6H,7-9H2,1-2H3,(H,17,18). The van der Waals surface area contributed by atoms with Gasteiger partial charge in [-0.05, 0) is 29.0 Å². The summed E-state index contributed by atoms with van der Waals surface area (Å²) in [5, 5.41) is 5.49. The molecule has 0 atom stereocenters. The average molecular weight is 293 g/mol. The van der Waals surface area contributed by atoms with Crippen molar-refractivity contribution in [2.75, 3.05) is 24.5 Å². The van der Waals surface area contributed by atoms with Crippen LogP contribution in [0.5, 0.6) is 11.5 Å². The van der Waals surface area contributed by atoms with Crippen LogP contribution in [0, 0.1) is 5.41 Å². The number of nitrogens with zero attached hydrogens (tertiary/aromatic N) is 1. The summed E-state index contributed by atoms with van der Waals surface area (Å²) in [6.45, 7) is 5.28. The van der Waals surface area contributed by atoms with E-state index in [4.69, 9.17) is 21.1 Å². The van der Waals surface area contributed by atoms with Crippen molar-refractivity contribution in [3.8, 4) is 11.5 Å². The van der Waals surface area contributed by atoms with Gasteiger partial charge in [0.05, 0.1) is 0 Å². The predicted molar refractivity (Wildman–Crippen MR) is 80.9 cm³/mol. The summed E-state index contributed by atoms with van der Waals surface area (Å²) < 4.78 is 10.8. The summed E-state index contributed by atoms with van der Waals surface area (Å²) in [6.07, 6.45) is 1.79. The molecule has 2 heterocycles. The summed E-state index contributed by atoms with van der Waals surface area (Å²) >= 11 is 5.96. The van der Waals surface area contributed by atoms with Gasteiger partial charge in [-0.25, -0.2) is 4.98 Å². The smallest absolute Gasteiger partial charge is 0.231 e. The average Bonchev–Trinajstić information content (AvgIpc) is 2.90. The summed E-state index contributed by atoms with van der Waals surface area (Å²) in [6, 6.07) is 5.92. The molecule has 2 aromatic rings. The van der Waals surface area contributed by atoms with E-state index in [0.717, 1.165) is 34.6 Å². The van der Waals surface area contributed by atoms with Gasteiger partial charge in [0.1, 0.15) is 5.82 Å². The molecule has 3 rings (SSSR count). The molecule has 1 aromatic carbocycles. The van der Waals surface area contributed by atoms with Crippen molar-refractivity contribution < 1.29 is 9.47 Å². The van der Waals surface area contributed by atoms with Gasteiger partial charge in [-0.15, -0.1) is 11.6 Å². The maximum atomic E-state index is 5.96. The van der Waals surface area contributed by atoms with Crippen LogP contribution in [0.25, 0.3) is 10.8 Å². The first-order valence-electron chi connectivity index (χ1n) is 6.57. The molecule has 0 unspecified atom stereocenters. The van der Waals surface area contributed by atoms with Crippen LogP contribution in [-0.4, -0.2) is 24.2 Å². The molecule has 4 nitrogen and oxygen atoms in total. The number of nitrogens with one attached hydrogen (secondary N) is 1. The zero-order valence-corrected chi connectivity index (χ0v) is 12.3. The minimum atomic E-state index is 0.0156. The highest BCUT2D eigenvalue weighted by Crippen LogP contribution is 2.37. The van der Waals surface area contributed by atoms with Crippen LogP contribution in [0.15, 0.2) is 24.4 Å². The Kier molecular flexibility index (Phi) is 3.34. The van der Waals surface area contributed by atoms with Gasteiger partial charge in [0.15, 0.2) is 11.5 Å². The van der Waals surface area contributed by atoms with E-state index in [1.54, 1.807) is 6.20 Å². The van der Waals surface area contributed by atoms with E-state index in [0.29, 0.717) is 5.88 Å². The van der Waals surface area contributed by atoms with E-state index in [-0.39, 0.29) is 12.2 Å². The molecular formula is C15H17ClN2O2. The Morgan fingerprint density at radius 2 is 2.05 bits per heavy atom. The van der Waals surface area contributed by atoms with E-state index >= 15 is 0 Å². The van der Waals surface area contributed by atoms with Crippen molar-refractivity contribution in [2.24, 2.45) is 5.41 Å². The zero-order valence-electron chi connectivity index (χ0n) is 11.6. The highest BCUT2D eigenvalue weighted by molar-refractivity contribution is 6.18. The number of aromatic nitrogens is 1. The van der Waals surface area contributed by atoms with Crippen LogP contribution >= 0.6 is 11.6 Å². The Morgan fingerprint density at radius 3 is 2.80 bits per heavy atom. The number of pyridine rings is 1. The van der Waals surface area contributed by atoms with Gasteiger partial charge in [-0.3, -0.25) is 0 Å². The molecule has 20 heavy (non-hydrogen) atoms. The van der Waals surface area contributed by atoms with E-state index < -0.39 is 0 Å². The Hall–Kier alpha value is -1.68. The van der Waals surface area contributed by atoms with E-state index in [1.807, 2.05) is 18.2 Å². The first-order chi connectivity index (χ1) is 9.59. The van der Waals surface area contributed by atoms with Crippen LogP contribution in [0.4, 0.5) is 5.82 Å². The second kappa shape index (κ2) is 5.02. The molecule has 1 aliphatic heterocycles. The molecule has 0 amide bonds. The van der Waals surface area contributed by atoms with E-state index in [2.05, 4.69) is 24.1 Å². The number of benzene rings is 1. The van der Waals surface area contributed by atoms with E-state index in [9.17, 15) is 0 Å². The number of halogens is 1. The Labute approximate surface area is 123 Å². The summed E-state index contributed by atoms with van der Waals surface area (Å²) in [5.41, 5.74) is 0.0156. The first kappa shape index (κ1) is 13.3. The number of alkyl halides is 1. The molecule has 0 aliphatic carbocycles. The normalized spacial score (nSPS) is 13.8. The third-order valence-corrected chi connectivity index (χ3v) is 4.08. The van der Waals surface area contributed by atoms with Gasteiger partial charge in [-0.1, -0.05) is 13.8 Å². The molecule has 0 saturated carbocycles. The Balaban J connectivity index is 1.95. The Morgan fingerprint density at radius 1 is 1.30 bits per heavy atom. The number of rotatable bonds is 4. The second-order valence-electron chi connectivity index (χ2n) is 5.74. The molecule has 1 aliphatic rings. The van der Waals surface area contributed by atoms with Crippen molar-refractivity contribution in [3.05, 3.63) is 24.4 Å². The third-order valence-electron chi connectivity index (χ3n) is 3.35. The Bertz CT molecular complexity index is 643. The summed E-state index contributed by atoms with van der Waals surface area (Å²) in [5.74, 6) is 3.00. The van der Waals surface area contributed by atoms with Crippen molar-refractivity contribution in [3.63, 3.8) is 0 Å². The van der Waals surface area contributed by atoms with Crippen LogP contribution in [0.2, 0.25) is 0 Å². The fraction of sp³-hybridized carbons (Fsp3) is 0.400. The maximum Gasteiger partial charge on any atom is 0.231 e. The minimum absolute atomic E-state index is 0.0156. The highest BCUT2D eigenvalue weighted by Gasteiger charge is 2.19. The van der Waals surface area contributed by atoms with E-state index in [1.165, 1.54) is 0 Å². The molecule has 106 valence electrons. The maximum absolute atomic E-state index is 5.96. The van der Waals surface area contributed by atoms with Crippen LogP contribution in [0.1, 0.15) is 13.8 Å². The van der Waals surface area contributed by atoms with Crippen LogP contribution < -0.4 is 14.8 Å². The van der Waals surface area contributed by atoms with Gasteiger partial charge in [0.25, 0.3) is 0 Å². The summed E-state index contributed by atoms with van der Waals surface area (Å²) in [7, 11) is 0. The predicted octanol–water partition coefficient (Wildman–Crippen LogP) is 3.64. The topological polar surface area (TPSA) is 43.4 Å². The van der Waals surface area contributed by atoms with Crippen LogP contribution in [-0.2, 0) is 0 Å². The molecule has 0 fully saturated rings. The summed E-state index contributed by atoms with van der Waals surface area (Å²) in [4.78, 5) is 4.42. The lowest BCUT2D eigenvalue weighted by Crippen LogP contribution is -2.25. The van der Waals surface area contributed by atoms with Crippen molar-refractivity contribution in [1.82, 2.24) is 4.98 Å². The molecule has 1 N–H and O–H groups in total. The van der Waals surface area contributed by atoms with Gasteiger partial charge < -0.3 is 14.8 Å². The molecule has 1 aromatic heterocycles. The molecule has 0 radical (unpaired) electrons. The number of anilines is 1. The monoisotopic (exact) mass is 292 g/mol. The molecule has 0 spiro atoms. The SMILES string of the molecule is CC(C)(CCl)CNc1nccc2cc3c(cc12)OCO3. The number of hydrogen-bond donors (Lipinski definition) is 1.